The van der Waals surface area contributed by atoms with Crippen molar-refractivity contribution in [2.45, 2.75) is 64.0 Å². The van der Waals surface area contributed by atoms with Crippen LogP contribution >= 0.6 is 0 Å². The molecule has 3 unspecified atom stereocenters. The van der Waals surface area contributed by atoms with E-state index < -0.39 is 5.60 Å². The highest BCUT2D eigenvalue weighted by atomic mass is 16.6. The van der Waals surface area contributed by atoms with Crippen molar-refractivity contribution >= 4 is 12.0 Å². The van der Waals surface area contributed by atoms with Crippen LogP contribution in [0.1, 0.15) is 57.9 Å². The smallest absolute Gasteiger partial charge is 0.335 e. The predicted molar refractivity (Wildman–Crippen MR) is 145 cm³/mol. The number of hydrogen-bond acceptors (Lipinski definition) is 5. The van der Waals surface area contributed by atoms with Crippen molar-refractivity contribution in [3.05, 3.63) is 47.0 Å². The molecule has 0 spiro atoms. The average Bonchev–Trinajstić information content (AvgIpc) is 3.19. The van der Waals surface area contributed by atoms with E-state index in [0.29, 0.717) is 43.8 Å². The summed E-state index contributed by atoms with van der Waals surface area (Å²) in [6.45, 7) is 10.5. The molecule has 3 heterocycles. The Morgan fingerprint density at radius 3 is 2.54 bits per heavy atom. The maximum Gasteiger partial charge on any atom is 0.335 e. The highest BCUT2D eigenvalue weighted by molar-refractivity contribution is 5.94. The molecule has 1 saturated heterocycles. The molecule has 3 atom stereocenters. The number of rotatable bonds is 6. The first-order valence-corrected chi connectivity index (χ1v) is 14.3. The van der Waals surface area contributed by atoms with Gasteiger partial charge in [-0.3, -0.25) is 4.90 Å². The second kappa shape index (κ2) is 11.2. The summed E-state index contributed by atoms with van der Waals surface area (Å²) in [4.78, 5) is 33.4. The number of ether oxygens (including phenoxy) is 1. The third-order valence-corrected chi connectivity index (χ3v) is 8.96. The Kier molecular flexibility index (Phi) is 7.91. The van der Waals surface area contributed by atoms with Crippen molar-refractivity contribution < 1.29 is 14.3 Å². The quantitative estimate of drug-likeness (QED) is 0.589. The van der Waals surface area contributed by atoms with Gasteiger partial charge in [-0.1, -0.05) is 57.0 Å². The number of carbonyl (C=O) groups is 2. The standard InChI is InChI=1S/C30H44N4O3/c1-22(2)19-30(24-10-5-4-6-11-24)26-21-34(14-13-25(26)28(35)37-30)29(36)31-20-23-9-7-8-12-27(23)33-17-15-32(3)16-18-33/h4-6,10-11,22-23,27H,7-9,12-21H2,1-3H3,(H,31,36). The monoisotopic (exact) mass is 508 g/mol. The number of hydrogen-bond donors (Lipinski definition) is 1. The molecule has 1 aromatic rings. The summed E-state index contributed by atoms with van der Waals surface area (Å²) in [5.74, 6) is 0.625. The first-order chi connectivity index (χ1) is 17.9. The number of benzene rings is 1. The van der Waals surface area contributed by atoms with Gasteiger partial charge < -0.3 is 19.9 Å². The van der Waals surface area contributed by atoms with Gasteiger partial charge in [0.2, 0.25) is 0 Å². The lowest BCUT2D eigenvalue weighted by molar-refractivity contribution is -0.149. The number of esters is 1. The van der Waals surface area contributed by atoms with E-state index in [1.165, 1.54) is 25.7 Å². The lowest BCUT2D eigenvalue weighted by atomic mass is 9.77. The highest BCUT2D eigenvalue weighted by Gasteiger charge is 2.51. The molecular weight excluding hydrogens is 464 g/mol. The fourth-order valence-corrected chi connectivity index (χ4v) is 7.00. The van der Waals surface area contributed by atoms with Crippen LogP contribution in [0.2, 0.25) is 0 Å². The van der Waals surface area contributed by atoms with Crippen molar-refractivity contribution in [1.29, 1.82) is 0 Å². The normalized spacial score (nSPS) is 29.4. The van der Waals surface area contributed by atoms with Gasteiger partial charge in [0.25, 0.3) is 0 Å². The molecule has 7 heteroatoms. The Morgan fingerprint density at radius 2 is 1.81 bits per heavy atom. The minimum absolute atomic E-state index is 0.0138. The van der Waals surface area contributed by atoms with E-state index in [9.17, 15) is 9.59 Å². The zero-order chi connectivity index (χ0) is 26.0. The first-order valence-electron chi connectivity index (χ1n) is 14.3. The van der Waals surface area contributed by atoms with E-state index in [4.69, 9.17) is 4.74 Å². The second-order valence-corrected chi connectivity index (χ2v) is 11.9. The van der Waals surface area contributed by atoms with E-state index in [-0.39, 0.29) is 12.0 Å². The van der Waals surface area contributed by atoms with Gasteiger partial charge in [0.15, 0.2) is 5.60 Å². The summed E-state index contributed by atoms with van der Waals surface area (Å²) < 4.78 is 6.18. The molecule has 4 aliphatic rings. The van der Waals surface area contributed by atoms with E-state index in [0.717, 1.165) is 49.4 Å². The lowest BCUT2D eigenvalue weighted by Crippen LogP contribution is -2.54. The molecular formula is C30H44N4O3. The van der Waals surface area contributed by atoms with Crippen LogP contribution in [0.15, 0.2) is 41.5 Å². The van der Waals surface area contributed by atoms with Crippen LogP contribution < -0.4 is 5.32 Å². The Balaban J connectivity index is 1.27. The van der Waals surface area contributed by atoms with E-state index in [2.05, 4.69) is 36.0 Å². The second-order valence-electron chi connectivity index (χ2n) is 11.9. The summed E-state index contributed by atoms with van der Waals surface area (Å²) in [6.07, 6.45) is 6.22. The summed E-state index contributed by atoms with van der Waals surface area (Å²) in [5, 5.41) is 3.30. The molecule has 0 bridgehead atoms. The van der Waals surface area contributed by atoms with Crippen LogP contribution in [0, 0.1) is 11.8 Å². The van der Waals surface area contributed by atoms with Crippen molar-refractivity contribution in [3.63, 3.8) is 0 Å². The van der Waals surface area contributed by atoms with E-state index >= 15 is 0 Å². The fourth-order valence-electron chi connectivity index (χ4n) is 7.00. The van der Waals surface area contributed by atoms with Crippen LogP contribution in [0.3, 0.4) is 0 Å². The van der Waals surface area contributed by atoms with Gasteiger partial charge in [0.05, 0.1) is 0 Å². The van der Waals surface area contributed by atoms with Gasteiger partial charge >= 0.3 is 12.0 Å². The first kappa shape index (κ1) is 26.2. The SMILES string of the molecule is CC(C)CC1(c2ccccc2)OC(=O)C2=C1CN(C(=O)NCC1CCCCC1N1CCN(C)CC1)CC2. The fraction of sp³-hybridized carbons (Fsp3) is 0.667. The van der Waals surface area contributed by atoms with Crippen molar-refractivity contribution in [3.8, 4) is 0 Å². The van der Waals surface area contributed by atoms with Gasteiger partial charge in [-0.2, -0.15) is 0 Å². The molecule has 5 rings (SSSR count). The summed E-state index contributed by atoms with van der Waals surface area (Å²) >= 11 is 0. The van der Waals surface area contributed by atoms with E-state index in [1.54, 1.807) is 0 Å². The predicted octanol–water partition coefficient (Wildman–Crippen LogP) is 4.00. The number of urea groups is 1. The number of nitrogens with zero attached hydrogens (tertiary/aromatic N) is 3. The zero-order valence-electron chi connectivity index (χ0n) is 22.9. The Bertz CT molecular complexity index is 1000. The third-order valence-electron chi connectivity index (χ3n) is 8.96. The summed E-state index contributed by atoms with van der Waals surface area (Å²) in [6, 6.07) is 10.6. The van der Waals surface area contributed by atoms with Gasteiger partial charge in [-0.25, -0.2) is 9.59 Å². The molecule has 1 N–H and O–H groups in total. The van der Waals surface area contributed by atoms with Crippen LogP contribution in [-0.4, -0.2) is 85.6 Å². The average molecular weight is 509 g/mol. The topological polar surface area (TPSA) is 65.1 Å². The number of cyclic esters (lactones) is 1. The Labute approximate surface area is 222 Å². The van der Waals surface area contributed by atoms with E-state index in [1.807, 2.05) is 35.2 Å². The molecule has 202 valence electrons. The molecule has 0 aromatic heterocycles. The largest absolute Gasteiger partial charge is 0.446 e. The van der Waals surface area contributed by atoms with Crippen LogP contribution in [0.25, 0.3) is 0 Å². The molecule has 2 amide bonds. The zero-order valence-corrected chi connectivity index (χ0v) is 22.9. The number of nitrogens with one attached hydrogen (secondary N) is 1. The van der Waals surface area contributed by atoms with Gasteiger partial charge in [-0.05, 0) is 50.1 Å². The molecule has 1 saturated carbocycles. The molecule has 1 aliphatic carbocycles. The van der Waals surface area contributed by atoms with Crippen LogP contribution in [0.4, 0.5) is 4.79 Å². The minimum atomic E-state index is -0.781. The molecule has 7 nitrogen and oxygen atoms in total. The van der Waals surface area contributed by atoms with Crippen molar-refractivity contribution in [2.75, 3.05) is 52.9 Å². The van der Waals surface area contributed by atoms with Crippen molar-refractivity contribution in [2.24, 2.45) is 11.8 Å². The van der Waals surface area contributed by atoms with Gasteiger partial charge in [0.1, 0.15) is 0 Å². The lowest BCUT2D eigenvalue weighted by Gasteiger charge is -2.44. The Morgan fingerprint density at radius 1 is 1.08 bits per heavy atom. The Hall–Kier alpha value is -2.38. The number of piperazine rings is 1. The summed E-state index contributed by atoms with van der Waals surface area (Å²) in [7, 11) is 2.20. The maximum absolute atomic E-state index is 13.5. The highest BCUT2D eigenvalue weighted by Crippen LogP contribution is 2.48. The molecule has 3 aliphatic heterocycles. The molecule has 0 radical (unpaired) electrons. The van der Waals surface area contributed by atoms with Crippen LogP contribution in [0.5, 0.6) is 0 Å². The number of likely N-dealkylation sites (N-methyl/N-ethyl adjacent to an activating group) is 1. The molecule has 1 aromatic carbocycles. The number of carbonyl (C=O) groups excluding carboxylic acids is 2. The maximum atomic E-state index is 13.5. The molecule has 2 fully saturated rings. The number of amides is 2. The molecule has 37 heavy (non-hydrogen) atoms. The van der Waals surface area contributed by atoms with Gasteiger partial charge in [-0.15, -0.1) is 0 Å². The van der Waals surface area contributed by atoms with Crippen molar-refractivity contribution in [1.82, 2.24) is 20.0 Å². The third kappa shape index (κ3) is 5.44. The minimum Gasteiger partial charge on any atom is -0.446 e. The summed E-state index contributed by atoms with van der Waals surface area (Å²) in [5.41, 5.74) is 1.97. The van der Waals surface area contributed by atoms with Gasteiger partial charge in [0, 0.05) is 63.0 Å². The van der Waals surface area contributed by atoms with Crippen LogP contribution in [-0.2, 0) is 15.1 Å².